The van der Waals surface area contributed by atoms with Gasteiger partial charge < -0.3 is 9.73 Å². The fraction of sp³-hybridized carbons (Fsp3) is 0.533. The van der Waals surface area contributed by atoms with E-state index in [1.54, 1.807) is 6.07 Å². The molecule has 6 heteroatoms. The average molecular weight is 289 g/mol. The fourth-order valence-electron chi connectivity index (χ4n) is 2.98. The highest BCUT2D eigenvalue weighted by Crippen LogP contribution is 2.36. The van der Waals surface area contributed by atoms with Gasteiger partial charge in [0.2, 0.25) is 0 Å². The van der Waals surface area contributed by atoms with Crippen molar-refractivity contribution in [1.29, 1.82) is 0 Å². The van der Waals surface area contributed by atoms with Crippen LogP contribution in [0.3, 0.4) is 0 Å². The molecule has 1 fully saturated rings. The van der Waals surface area contributed by atoms with Gasteiger partial charge in [-0.2, -0.15) is 4.98 Å². The third-order valence-electron chi connectivity index (χ3n) is 4.31. The summed E-state index contributed by atoms with van der Waals surface area (Å²) < 4.78 is 5.59. The monoisotopic (exact) mass is 289 g/mol. The standard InChI is InChI=1S/C15H19N3O3/c1-15(7-3-2-4-8-15)10-16-14-17-12-9-11(18(19)20)5-6-13(12)21-14/h5-6,9H,2-4,7-8,10H2,1H3,(H,16,17). The first-order valence-electron chi connectivity index (χ1n) is 7.35. The predicted octanol–water partition coefficient (Wildman–Crippen LogP) is 4.12. The zero-order chi connectivity index (χ0) is 14.9. The molecular weight excluding hydrogens is 270 g/mol. The summed E-state index contributed by atoms with van der Waals surface area (Å²) in [6, 6.07) is 4.90. The lowest BCUT2D eigenvalue weighted by atomic mass is 9.76. The number of nitrogens with zero attached hydrogens (tertiary/aromatic N) is 2. The number of hydrogen-bond donors (Lipinski definition) is 1. The largest absolute Gasteiger partial charge is 0.424 e. The number of hydrogen-bond acceptors (Lipinski definition) is 5. The molecule has 1 aromatic heterocycles. The van der Waals surface area contributed by atoms with Crippen molar-refractivity contribution < 1.29 is 9.34 Å². The quantitative estimate of drug-likeness (QED) is 0.676. The molecule has 0 radical (unpaired) electrons. The minimum absolute atomic E-state index is 0.0293. The molecule has 0 aliphatic heterocycles. The molecule has 1 N–H and O–H groups in total. The Morgan fingerprint density at radius 2 is 2.14 bits per heavy atom. The number of nitrogens with one attached hydrogen (secondary N) is 1. The zero-order valence-electron chi connectivity index (χ0n) is 12.1. The van der Waals surface area contributed by atoms with Gasteiger partial charge in [-0.3, -0.25) is 10.1 Å². The lowest BCUT2D eigenvalue weighted by molar-refractivity contribution is -0.384. The lowest BCUT2D eigenvalue weighted by Crippen LogP contribution is -2.28. The van der Waals surface area contributed by atoms with Gasteiger partial charge in [0.05, 0.1) is 4.92 Å². The summed E-state index contributed by atoms with van der Waals surface area (Å²) in [6.45, 7) is 3.11. The highest BCUT2D eigenvalue weighted by atomic mass is 16.6. The number of aromatic nitrogens is 1. The third kappa shape index (κ3) is 2.99. The molecule has 1 heterocycles. The van der Waals surface area contributed by atoms with Gasteiger partial charge in [0.15, 0.2) is 5.58 Å². The third-order valence-corrected chi connectivity index (χ3v) is 4.31. The summed E-state index contributed by atoms with van der Waals surface area (Å²) in [5.41, 5.74) is 1.39. The Labute approximate surface area is 122 Å². The normalized spacial score (nSPS) is 17.8. The minimum atomic E-state index is -0.426. The van der Waals surface area contributed by atoms with Crippen molar-refractivity contribution in [3.8, 4) is 0 Å². The molecule has 1 saturated carbocycles. The Hall–Kier alpha value is -2.11. The van der Waals surface area contributed by atoms with Crippen LogP contribution in [0.4, 0.5) is 11.7 Å². The molecule has 0 atom stereocenters. The van der Waals surface area contributed by atoms with Gasteiger partial charge in [0.25, 0.3) is 11.7 Å². The Balaban J connectivity index is 1.73. The smallest absolute Gasteiger partial charge is 0.295 e. The van der Waals surface area contributed by atoms with Crippen LogP contribution in [0.1, 0.15) is 39.0 Å². The second-order valence-corrected chi connectivity index (χ2v) is 6.15. The van der Waals surface area contributed by atoms with Gasteiger partial charge in [-0.15, -0.1) is 0 Å². The summed E-state index contributed by atoms with van der Waals surface area (Å²) in [7, 11) is 0. The lowest BCUT2D eigenvalue weighted by Gasteiger charge is -2.33. The summed E-state index contributed by atoms with van der Waals surface area (Å²) in [5, 5.41) is 14.0. The van der Waals surface area contributed by atoms with Crippen LogP contribution in [0.25, 0.3) is 11.1 Å². The zero-order valence-corrected chi connectivity index (χ0v) is 12.1. The van der Waals surface area contributed by atoms with Crippen molar-refractivity contribution >= 4 is 22.8 Å². The topological polar surface area (TPSA) is 81.2 Å². The number of anilines is 1. The molecule has 1 aliphatic carbocycles. The maximum Gasteiger partial charge on any atom is 0.295 e. The maximum absolute atomic E-state index is 10.8. The minimum Gasteiger partial charge on any atom is -0.424 e. The molecule has 1 aliphatic rings. The van der Waals surface area contributed by atoms with E-state index in [4.69, 9.17) is 4.42 Å². The molecule has 2 aromatic rings. The molecular formula is C15H19N3O3. The number of rotatable bonds is 4. The first-order chi connectivity index (χ1) is 10.1. The molecule has 6 nitrogen and oxygen atoms in total. The van der Waals surface area contributed by atoms with Crippen LogP contribution in [-0.4, -0.2) is 16.5 Å². The van der Waals surface area contributed by atoms with Crippen molar-refractivity contribution in [3.63, 3.8) is 0 Å². The van der Waals surface area contributed by atoms with Crippen LogP contribution in [0.2, 0.25) is 0 Å². The van der Waals surface area contributed by atoms with Crippen LogP contribution < -0.4 is 5.32 Å². The Morgan fingerprint density at radius 1 is 1.38 bits per heavy atom. The highest BCUT2D eigenvalue weighted by Gasteiger charge is 2.27. The number of nitro groups is 1. The molecule has 0 amide bonds. The van der Waals surface area contributed by atoms with Crippen LogP contribution in [0.5, 0.6) is 0 Å². The Kier molecular flexibility index (Phi) is 3.53. The van der Waals surface area contributed by atoms with Gasteiger partial charge in [-0.1, -0.05) is 26.2 Å². The van der Waals surface area contributed by atoms with E-state index in [0.29, 0.717) is 17.1 Å². The van der Waals surface area contributed by atoms with Crippen molar-refractivity contribution in [1.82, 2.24) is 4.98 Å². The number of fused-ring (bicyclic) bond motifs is 1. The molecule has 0 bridgehead atoms. The number of benzene rings is 1. The van der Waals surface area contributed by atoms with Crippen LogP contribution in [0.15, 0.2) is 22.6 Å². The Morgan fingerprint density at radius 3 is 2.86 bits per heavy atom. The molecule has 0 spiro atoms. The van der Waals surface area contributed by atoms with E-state index in [1.165, 1.54) is 44.2 Å². The van der Waals surface area contributed by atoms with Gasteiger partial charge in [0, 0.05) is 18.7 Å². The van der Waals surface area contributed by atoms with Crippen molar-refractivity contribution in [2.75, 3.05) is 11.9 Å². The van der Waals surface area contributed by atoms with Crippen molar-refractivity contribution in [2.45, 2.75) is 39.0 Å². The second-order valence-electron chi connectivity index (χ2n) is 6.15. The summed E-state index contributed by atoms with van der Waals surface area (Å²) in [4.78, 5) is 14.6. The van der Waals surface area contributed by atoms with E-state index < -0.39 is 4.92 Å². The van der Waals surface area contributed by atoms with Gasteiger partial charge in [-0.25, -0.2) is 0 Å². The van der Waals surface area contributed by atoms with Gasteiger partial charge >= 0.3 is 0 Å². The summed E-state index contributed by atoms with van der Waals surface area (Å²) in [5.74, 6) is 0. The maximum atomic E-state index is 10.8. The van der Waals surface area contributed by atoms with Gasteiger partial charge in [0.1, 0.15) is 5.52 Å². The van der Waals surface area contributed by atoms with Crippen molar-refractivity contribution in [3.05, 3.63) is 28.3 Å². The fourth-order valence-corrected chi connectivity index (χ4v) is 2.98. The second kappa shape index (κ2) is 5.35. The first kappa shape index (κ1) is 13.9. The Bertz CT molecular complexity index is 659. The van der Waals surface area contributed by atoms with E-state index in [9.17, 15) is 10.1 Å². The van der Waals surface area contributed by atoms with Crippen LogP contribution >= 0.6 is 0 Å². The average Bonchev–Trinajstić information content (AvgIpc) is 2.88. The van der Waals surface area contributed by atoms with Crippen molar-refractivity contribution in [2.24, 2.45) is 5.41 Å². The van der Waals surface area contributed by atoms with E-state index >= 15 is 0 Å². The summed E-state index contributed by atoms with van der Waals surface area (Å²) >= 11 is 0. The molecule has 3 rings (SSSR count). The molecule has 0 saturated heterocycles. The van der Waals surface area contributed by atoms with E-state index in [2.05, 4.69) is 17.2 Å². The van der Waals surface area contributed by atoms with Crippen LogP contribution in [0, 0.1) is 15.5 Å². The van der Waals surface area contributed by atoms with E-state index in [-0.39, 0.29) is 11.1 Å². The number of nitro benzene ring substituents is 1. The summed E-state index contributed by atoms with van der Waals surface area (Å²) in [6.07, 6.45) is 6.30. The highest BCUT2D eigenvalue weighted by molar-refractivity contribution is 5.77. The molecule has 21 heavy (non-hydrogen) atoms. The number of non-ortho nitro benzene ring substituents is 1. The molecule has 1 aromatic carbocycles. The predicted molar refractivity (Wildman–Crippen MR) is 80.3 cm³/mol. The van der Waals surface area contributed by atoms with E-state index in [0.717, 1.165) is 6.54 Å². The van der Waals surface area contributed by atoms with Gasteiger partial charge in [-0.05, 0) is 24.3 Å². The van der Waals surface area contributed by atoms with E-state index in [1.807, 2.05) is 0 Å². The molecule has 0 unspecified atom stereocenters. The first-order valence-corrected chi connectivity index (χ1v) is 7.35. The molecule has 112 valence electrons. The SMILES string of the molecule is CC1(CNc2nc3cc([N+](=O)[O-])ccc3o2)CCCCC1. The number of oxazole rings is 1. The van der Waals surface area contributed by atoms with Crippen LogP contribution in [-0.2, 0) is 0 Å².